The molecular weight excluding hydrogens is 434 g/mol. The number of rotatable bonds is 4. The second kappa shape index (κ2) is 12.7. The molecule has 1 aliphatic heterocycles. The van der Waals surface area contributed by atoms with Crippen molar-refractivity contribution in [3.8, 4) is 0 Å². The summed E-state index contributed by atoms with van der Waals surface area (Å²) in [6.45, 7) is 9.86. The molecule has 2 N–H and O–H groups in total. The molecule has 1 saturated heterocycles. The molecule has 1 aromatic rings. The van der Waals surface area contributed by atoms with Crippen LogP contribution < -0.4 is 10.6 Å². The fourth-order valence-electron chi connectivity index (χ4n) is 5.34. The van der Waals surface area contributed by atoms with E-state index in [0.29, 0.717) is 30.6 Å². The SMILES string of the molecule is C.C.Cc1ccc(S(=O)(=O)N2CCCCC2)cc1NC(=O)NC1CC(C)CC(C)CC(C)C1. The summed E-state index contributed by atoms with van der Waals surface area (Å²) in [4.78, 5) is 13.0. The highest BCUT2D eigenvalue weighted by Gasteiger charge is 2.27. The molecule has 2 aliphatic rings. The fourth-order valence-corrected chi connectivity index (χ4v) is 6.89. The molecule has 1 saturated carbocycles. The van der Waals surface area contributed by atoms with E-state index in [1.165, 1.54) is 12.8 Å². The highest BCUT2D eigenvalue weighted by molar-refractivity contribution is 7.89. The molecule has 33 heavy (non-hydrogen) atoms. The first-order valence-electron chi connectivity index (χ1n) is 11.8. The van der Waals surface area contributed by atoms with Crippen molar-refractivity contribution in [3.63, 3.8) is 0 Å². The van der Waals surface area contributed by atoms with E-state index in [1.54, 1.807) is 22.5 Å². The maximum atomic E-state index is 13.0. The Morgan fingerprint density at radius 1 is 0.909 bits per heavy atom. The first-order chi connectivity index (χ1) is 14.6. The van der Waals surface area contributed by atoms with Gasteiger partial charge in [-0.05, 0) is 80.9 Å². The average molecular weight is 482 g/mol. The molecular formula is C26H47N3O3S. The van der Waals surface area contributed by atoms with Crippen LogP contribution in [-0.4, -0.2) is 37.9 Å². The molecule has 2 fully saturated rings. The lowest BCUT2D eigenvalue weighted by Crippen LogP contribution is -2.41. The summed E-state index contributed by atoms with van der Waals surface area (Å²) < 4.78 is 27.6. The number of anilines is 1. The number of aryl methyl sites for hydroxylation is 1. The van der Waals surface area contributed by atoms with Gasteiger partial charge < -0.3 is 10.6 Å². The number of urea groups is 1. The molecule has 0 radical (unpaired) electrons. The van der Waals surface area contributed by atoms with Crippen LogP contribution in [0.15, 0.2) is 23.1 Å². The minimum Gasteiger partial charge on any atom is -0.335 e. The molecule has 1 heterocycles. The molecule has 2 unspecified atom stereocenters. The Morgan fingerprint density at radius 3 is 2.03 bits per heavy atom. The highest BCUT2D eigenvalue weighted by Crippen LogP contribution is 2.30. The average Bonchev–Trinajstić information content (AvgIpc) is 2.68. The van der Waals surface area contributed by atoms with Crippen LogP contribution in [0.4, 0.5) is 10.5 Å². The number of benzene rings is 1. The number of nitrogens with one attached hydrogen (secondary N) is 2. The van der Waals surface area contributed by atoms with E-state index in [2.05, 4.69) is 31.4 Å². The van der Waals surface area contributed by atoms with E-state index in [-0.39, 0.29) is 31.8 Å². The molecule has 2 atom stereocenters. The van der Waals surface area contributed by atoms with Crippen LogP contribution in [-0.2, 0) is 10.0 Å². The van der Waals surface area contributed by atoms with Crippen LogP contribution >= 0.6 is 0 Å². The second-order valence-corrected chi connectivity index (χ2v) is 11.9. The van der Waals surface area contributed by atoms with Crippen molar-refractivity contribution in [1.29, 1.82) is 0 Å². The predicted octanol–water partition coefficient (Wildman–Crippen LogP) is 6.41. The van der Waals surface area contributed by atoms with Crippen molar-refractivity contribution < 1.29 is 13.2 Å². The maximum absolute atomic E-state index is 13.0. The first-order valence-corrected chi connectivity index (χ1v) is 13.3. The van der Waals surface area contributed by atoms with Crippen molar-refractivity contribution >= 4 is 21.7 Å². The van der Waals surface area contributed by atoms with Crippen molar-refractivity contribution in [1.82, 2.24) is 9.62 Å². The van der Waals surface area contributed by atoms with Crippen LogP contribution in [0.3, 0.4) is 0 Å². The van der Waals surface area contributed by atoms with Crippen molar-refractivity contribution in [2.45, 2.75) is 98.4 Å². The lowest BCUT2D eigenvalue weighted by atomic mass is 9.80. The van der Waals surface area contributed by atoms with Gasteiger partial charge in [0.25, 0.3) is 0 Å². The van der Waals surface area contributed by atoms with Crippen LogP contribution in [0, 0.1) is 24.7 Å². The molecule has 1 aliphatic carbocycles. The first kappa shape index (κ1) is 29.4. The van der Waals surface area contributed by atoms with Crippen molar-refractivity contribution in [3.05, 3.63) is 23.8 Å². The predicted molar refractivity (Wildman–Crippen MR) is 139 cm³/mol. The quantitative estimate of drug-likeness (QED) is 0.521. The number of amides is 2. The van der Waals surface area contributed by atoms with E-state index in [9.17, 15) is 13.2 Å². The minimum atomic E-state index is -3.53. The van der Waals surface area contributed by atoms with Gasteiger partial charge in [0, 0.05) is 24.8 Å². The summed E-state index contributed by atoms with van der Waals surface area (Å²) in [6.07, 6.45) is 7.21. The van der Waals surface area contributed by atoms with Crippen LogP contribution in [0.5, 0.6) is 0 Å². The van der Waals surface area contributed by atoms with Gasteiger partial charge in [0.05, 0.1) is 4.90 Å². The molecule has 1 aromatic carbocycles. The third-order valence-electron chi connectivity index (χ3n) is 6.73. The normalized spacial score (nSPS) is 26.7. The molecule has 0 spiro atoms. The third-order valence-corrected chi connectivity index (χ3v) is 8.62. The number of hydrogen-bond acceptors (Lipinski definition) is 3. The Labute approximate surface area is 203 Å². The summed E-state index contributed by atoms with van der Waals surface area (Å²) in [5, 5.41) is 6.06. The summed E-state index contributed by atoms with van der Waals surface area (Å²) in [7, 11) is -3.53. The molecule has 3 rings (SSSR count). The van der Waals surface area contributed by atoms with Crippen LogP contribution in [0.1, 0.15) is 86.1 Å². The molecule has 2 amide bonds. The van der Waals surface area contributed by atoms with Gasteiger partial charge in [-0.2, -0.15) is 4.31 Å². The molecule has 0 aromatic heterocycles. The minimum absolute atomic E-state index is 0. The standard InChI is InChI=1S/C24H39N3O3S.2CH4/c1-17-12-18(2)14-21(15-19(3)13-17)25-24(28)26-23-16-22(9-8-20(23)4)31(29,30)27-10-6-5-7-11-27;;/h8-9,16-19,21H,5-7,10-15H2,1-4H3,(H2,25,26,28);2*1H4. The number of hydrogen-bond donors (Lipinski definition) is 2. The van der Waals surface area contributed by atoms with Gasteiger partial charge in [0.2, 0.25) is 10.0 Å². The van der Waals surface area contributed by atoms with Crippen molar-refractivity contribution in [2.24, 2.45) is 17.8 Å². The van der Waals surface area contributed by atoms with Crippen molar-refractivity contribution in [2.75, 3.05) is 18.4 Å². The molecule has 7 heteroatoms. The summed E-state index contributed by atoms with van der Waals surface area (Å²) >= 11 is 0. The highest BCUT2D eigenvalue weighted by atomic mass is 32.2. The second-order valence-electron chi connectivity index (χ2n) is 10.00. The number of carbonyl (C=O) groups excluding carboxylic acids is 1. The summed E-state index contributed by atoms with van der Waals surface area (Å²) in [5.41, 5.74) is 1.40. The number of sulfonamides is 1. The fraction of sp³-hybridized carbons (Fsp3) is 0.731. The van der Waals surface area contributed by atoms with Gasteiger partial charge in [-0.3, -0.25) is 0 Å². The number of piperidine rings is 1. The molecule has 0 bridgehead atoms. The third kappa shape index (κ3) is 7.99. The summed E-state index contributed by atoms with van der Waals surface area (Å²) in [5.74, 6) is 1.88. The number of nitrogens with zero attached hydrogens (tertiary/aromatic N) is 1. The molecule has 6 nitrogen and oxygen atoms in total. The van der Waals surface area contributed by atoms with Gasteiger partial charge in [-0.1, -0.05) is 48.1 Å². The Hall–Kier alpha value is -1.60. The van der Waals surface area contributed by atoms with Gasteiger partial charge in [-0.25, -0.2) is 13.2 Å². The lowest BCUT2D eigenvalue weighted by molar-refractivity contribution is 0.223. The lowest BCUT2D eigenvalue weighted by Gasteiger charge is -2.31. The largest absolute Gasteiger partial charge is 0.335 e. The molecule has 190 valence electrons. The smallest absolute Gasteiger partial charge is 0.319 e. The Bertz CT molecular complexity index is 852. The van der Waals surface area contributed by atoms with E-state index in [4.69, 9.17) is 0 Å². The maximum Gasteiger partial charge on any atom is 0.319 e. The van der Waals surface area contributed by atoms with Gasteiger partial charge in [0.15, 0.2) is 0 Å². The van der Waals surface area contributed by atoms with Gasteiger partial charge in [0.1, 0.15) is 0 Å². The Balaban J connectivity index is 0.00000272. The van der Waals surface area contributed by atoms with E-state index in [1.807, 2.05) is 6.92 Å². The zero-order valence-corrected chi connectivity index (χ0v) is 20.3. The van der Waals surface area contributed by atoms with Gasteiger partial charge >= 0.3 is 6.03 Å². The summed E-state index contributed by atoms with van der Waals surface area (Å²) in [6, 6.07) is 4.89. The zero-order valence-electron chi connectivity index (χ0n) is 19.5. The zero-order chi connectivity index (χ0) is 22.6. The van der Waals surface area contributed by atoms with E-state index < -0.39 is 10.0 Å². The Kier molecular flexibility index (Phi) is 11.4. The Morgan fingerprint density at radius 2 is 1.45 bits per heavy atom. The van der Waals surface area contributed by atoms with E-state index >= 15 is 0 Å². The number of carbonyl (C=O) groups is 1. The van der Waals surface area contributed by atoms with Crippen LogP contribution in [0.2, 0.25) is 0 Å². The monoisotopic (exact) mass is 481 g/mol. The van der Waals surface area contributed by atoms with Crippen LogP contribution in [0.25, 0.3) is 0 Å². The van der Waals surface area contributed by atoms with Gasteiger partial charge in [-0.15, -0.1) is 0 Å². The topological polar surface area (TPSA) is 78.5 Å². The van der Waals surface area contributed by atoms with E-state index in [0.717, 1.165) is 43.6 Å².